The van der Waals surface area contributed by atoms with Gasteiger partial charge in [-0.3, -0.25) is 4.90 Å². The number of nitrogens with zero attached hydrogens (tertiary/aromatic N) is 1. The van der Waals surface area contributed by atoms with Gasteiger partial charge in [0.1, 0.15) is 0 Å². The summed E-state index contributed by atoms with van der Waals surface area (Å²) in [6.07, 6.45) is 5.95. The highest BCUT2D eigenvalue weighted by Gasteiger charge is 2.35. The molecule has 1 aromatic rings. The van der Waals surface area contributed by atoms with E-state index in [4.69, 9.17) is 4.74 Å². The molecule has 1 aliphatic heterocycles. The Morgan fingerprint density at radius 2 is 2.21 bits per heavy atom. The molecule has 0 unspecified atom stereocenters. The Bertz CT molecular complexity index is 435. The number of hydrogen-bond acceptors (Lipinski definition) is 2. The number of fused-ring (bicyclic) bond motifs is 3. The van der Waals surface area contributed by atoms with Crippen LogP contribution >= 0.6 is 12.4 Å². The summed E-state index contributed by atoms with van der Waals surface area (Å²) in [5, 5.41) is 0. The third-order valence-corrected chi connectivity index (χ3v) is 4.17. The van der Waals surface area contributed by atoms with Gasteiger partial charge < -0.3 is 4.74 Å². The minimum Gasteiger partial charge on any atom is -0.371 e. The van der Waals surface area contributed by atoms with Crippen LogP contribution in [0.25, 0.3) is 0 Å². The second-order valence-electron chi connectivity index (χ2n) is 5.23. The molecule has 1 aromatic carbocycles. The number of halogens is 1. The second kappa shape index (κ2) is 6.56. The van der Waals surface area contributed by atoms with E-state index < -0.39 is 0 Å². The topological polar surface area (TPSA) is 12.5 Å². The molecular formula is C16H22ClNO. The molecular weight excluding hydrogens is 258 g/mol. The van der Waals surface area contributed by atoms with Gasteiger partial charge in [0.15, 0.2) is 0 Å². The van der Waals surface area contributed by atoms with E-state index in [9.17, 15) is 0 Å². The van der Waals surface area contributed by atoms with E-state index in [0.29, 0.717) is 6.04 Å². The van der Waals surface area contributed by atoms with Crippen molar-refractivity contribution in [2.75, 3.05) is 19.7 Å². The van der Waals surface area contributed by atoms with Gasteiger partial charge in [0.2, 0.25) is 0 Å². The van der Waals surface area contributed by atoms with Crippen molar-refractivity contribution in [3.63, 3.8) is 0 Å². The fraction of sp³-hybridized carbons (Fsp3) is 0.500. The van der Waals surface area contributed by atoms with E-state index >= 15 is 0 Å². The van der Waals surface area contributed by atoms with Gasteiger partial charge in [-0.15, -0.1) is 19.0 Å². The maximum atomic E-state index is 6.09. The van der Waals surface area contributed by atoms with Crippen molar-refractivity contribution < 1.29 is 4.74 Å². The zero-order valence-electron chi connectivity index (χ0n) is 11.3. The molecule has 0 bridgehead atoms. The third-order valence-electron chi connectivity index (χ3n) is 4.17. The van der Waals surface area contributed by atoms with Gasteiger partial charge in [0.05, 0.1) is 12.7 Å². The van der Waals surface area contributed by atoms with Crippen LogP contribution in [0.2, 0.25) is 0 Å². The molecule has 0 amide bonds. The van der Waals surface area contributed by atoms with E-state index in [1.54, 1.807) is 0 Å². The molecule has 3 heteroatoms. The van der Waals surface area contributed by atoms with Gasteiger partial charge in [-0.2, -0.15) is 0 Å². The Morgan fingerprint density at radius 1 is 1.37 bits per heavy atom. The van der Waals surface area contributed by atoms with Crippen LogP contribution in [0.1, 0.15) is 30.1 Å². The summed E-state index contributed by atoms with van der Waals surface area (Å²) in [5.41, 5.74) is 2.89. The SMILES string of the molecule is C=CCN1CCO[C@@H]2c3ccccc3CCC[C@H]21.Cl. The largest absolute Gasteiger partial charge is 0.371 e. The normalized spacial score (nSPS) is 26.5. The molecule has 3 rings (SSSR count). The summed E-state index contributed by atoms with van der Waals surface area (Å²) in [5.74, 6) is 0. The van der Waals surface area contributed by atoms with Crippen molar-refractivity contribution in [2.24, 2.45) is 0 Å². The van der Waals surface area contributed by atoms with Crippen molar-refractivity contribution >= 4 is 12.4 Å². The van der Waals surface area contributed by atoms with Gasteiger partial charge >= 0.3 is 0 Å². The lowest BCUT2D eigenvalue weighted by Crippen LogP contribution is -2.46. The first-order valence-corrected chi connectivity index (χ1v) is 6.94. The van der Waals surface area contributed by atoms with E-state index in [2.05, 4.69) is 35.7 Å². The Kier molecular flexibility index (Phi) is 5.03. The lowest BCUT2D eigenvalue weighted by atomic mass is 9.96. The third kappa shape index (κ3) is 2.86. The predicted molar refractivity (Wildman–Crippen MR) is 80.9 cm³/mol. The molecule has 1 saturated heterocycles. The molecule has 104 valence electrons. The standard InChI is InChI=1S/C16H21NO.ClH/c1-2-10-17-11-12-18-16-14-8-4-3-6-13(14)7-5-9-15(16)17;/h2-4,6,8,15-16H,1,5,7,9-12H2;1H/t15-,16-;/m1./s1. The molecule has 0 radical (unpaired) electrons. The average molecular weight is 280 g/mol. The van der Waals surface area contributed by atoms with E-state index in [1.807, 2.05) is 6.08 Å². The smallest absolute Gasteiger partial charge is 0.0983 e. The van der Waals surface area contributed by atoms with Crippen LogP contribution < -0.4 is 0 Å². The maximum absolute atomic E-state index is 6.09. The lowest BCUT2D eigenvalue weighted by Gasteiger charge is -2.40. The van der Waals surface area contributed by atoms with Gasteiger partial charge in [-0.1, -0.05) is 30.3 Å². The van der Waals surface area contributed by atoms with Crippen LogP contribution in [-0.2, 0) is 11.2 Å². The summed E-state index contributed by atoms with van der Waals surface area (Å²) < 4.78 is 6.09. The number of hydrogen-bond donors (Lipinski definition) is 0. The summed E-state index contributed by atoms with van der Waals surface area (Å²) in [7, 11) is 0. The molecule has 0 spiro atoms. The van der Waals surface area contributed by atoms with E-state index in [-0.39, 0.29) is 18.5 Å². The van der Waals surface area contributed by atoms with Crippen molar-refractivity contribution in [3.05, 3.63) is 48.0 Å². The zero-order valence-corrected chi connectivity index (χ0v) is 12.1. The minimum atomic E-state index is 0. The highest BCUT2D eigenvalue weighted by molar-refractivity contribution is 5.85. The first-order valence-electron chi connectivity index (χ1n) is 6.94. The fourth-order valence-corrected chi connectivity index (χ4v) is 3.33. The molecule has 0 N–H and O–H groups in total. The van der Waals surface area contributed by atoms with Crippen LogP contribution in [-0.4, -0.2) is 30.6 Å². The first kappa shape index (κ1) is 14.6. The molecule has 1 heterocycles. The van der Waals surface area contributed by atoms with Crippen LogP contribution in [0.4, 0.5) is 0 Å². The first-order chi connectivity index (χ1) is 8.90. The van der Waals surface area contributed by atoms with Crippen molar-refractivity contribution in [1.82, 2.24) is 4.90 Å². The molecule has 1 aliphatic carbocycles. The number of aryl methyl sites for hydroxylation is 1. The van der Waals surface area contributed by atoms with E-state index in [0.717, 1.165) is 19.7 Å². The summed E-state index contributed by atoms with van der Waals surface area (Å²) in [6.45, 7) is 6.73. The van der Waals surface area contributed by atoms with Gasteiger partial charge in [-0.05, 0) is 30.4 Å². The van der Waals surface area contributed by atoms with Crippen LogP contribution in [0.5, 0.6) is 0 Å². The van der Waals surface area contributed by atoms with E-state index in [1.165, 1.54) is 30.4 Å². The zero-order chi connectivity index (χ0) is 12.4. The van der Waals surface area contributed by atoms with Crippen molar-refractivity contribution in [2.45, 2.75) is 31.4 Å². The van der Waals surface area contributed by atoms with Crippen molar-refractivity contribution in [1.29, 1.82) is 0 Å². The summed E-state index contributed by atoms with van der Waals surface area (Å²) in [4.78, 5) is 2.53. The number of ether oxygens (including phenoxy) is 1. The van der Waals surface area contributed by atoms with Gasteiger partial charge in [-0.25, -0.2) is 0 Å². The minimum absolute atomic E-state index is 0. The molecule has 2 atom stereocenters. The van der Waals surface area contributed by atoms with Gasteiger partial charge in [0.25, 0.3) is 0 Å². The summed E-state index contributed by atoms with van der Waals surface area (Å²) in [6, 6.07) is 9.31. The van der Waals surface area contributed by atoms with Crippen molar-refractivity contribution in [3.8, 4) is 0 Å². The Hall–Kier alpha value is -0.830. The predicted octanol–water partition coefficient (Wildman–Crippen LogP) is 3.37. The molecule has 2 aliphatic rings. The van der Waals surface area contributed by atoms with Crippen LogP contribution in [0, 0.1) is 0 Å². The van der Waals surface area contributed by atoms with Crippen LogP contribution in [0.15, 0.2) is 36.9 Å². The summed E-state index contributed by atoms with van der Waals surface area (Å²) >= 11 is 0. The number of benzene rings is 1. The number of morpholine rings is 1. The molecule has 0 aromatic heterocycles. The van der Waals surface area contributed by atoms with Crippen LogP contribution in [0.3, 0.4) is 0 Å². The van der Waals surface area contributed by atoms with Gasteiger partial charge in [0, 0.05) is 19.1 Å². The monoisotopic (exact) mass is 279 g/mol. The Balaban J connectivity index is 0.00000133. The Morgan fingerprint density at radius 3 is 3.05 bits per heavy atom. The molecule has 2 nitrogen and oxygen atoms in total. The average Bonchev–Trinajstić information content (AvgIpc) is 2.59. The highest BCUT2D eigenvalue weighted by Crippen LogP contribution is 2.36. The quantitative estimate of drug-likeness (QED) is 0.770. The lowest BCUT2D eigenvalue weighted by molar-refractivity contribution is -0.0705. The highest BCUT2D eigenvalue weighted by atomic mass is 35.5. The fourth-order valence-electron chi connectivity index (χ4n) is 3.33. The molecule has 0 saturated carbocycles. The maximum Gasteiger partial charge on any atom is 0.0983 e. The molecule has 1 fully saturated rings. The second-order valence-corrected chi connectivity index (χ2v) is 5.23. The number of rotatable bonds is 2. The molecule has 19 heavy (non-hydrogen) atoms. The Labute approximate surface area is 121 Å².